The van der Waals surface area contributed by atoms with Gasteiger partial charge in [0.05, 0.1) is 0 Å². The molecule has 0 saturated heterocycles. The predicted octanol–water partition coefficient (Wildman–Crippen LogP) is 5.01. The van der Waals surface area contributed by atoms with Crippen molar-refractivity contribution in [3.05, 3.63) is 0 Å². The van der Waals surface area contributed by atoms with Crippen molar-refractivity contribution in [3.63, 3.8) is 0 Å². The Labute approximate surface area is 87.9 Å². The molecule has 82 valence electrons. The van der Waals surface area contributed by atoms with Crippen LogP contribution in [0.5, 0.6) is 0 Å². The van der Waals surface area contributed by atoms with Gasteiger partial charge in [0.25, 0.3) is 0 Å². The molecule has 0 aliphatic rings. The number of hydrogen-bond acceptors (Lipinski definition) is 0. The molecule has 0 amide bonds. The Morgan fingerprint density at radius 3 is 1.23 bits per heavy atom. The molecule has 0 rings (SSSR count). The van der Waals surface area contributed by atoms with E-state index in [0.717, 1.165) is 0 Å². The zero-order valence-electron chi connectivity index (χ0n) is 10.0. The van der Waals surface area contributed by atoms with E-state index in [2.05, 4.69) is 27.7 Å². The Bertz CT molecular complexity index is 117. The summed E-state index contributed by atoms with van der Waals surface area (Å²) in [6.07, 6.45) is 1.27. The van der Waals surface area contributed by atoms with Gasteiger partial charge in [-0.2, -0.15) is 0 Å². The van der Waals surface area contributed by atoms with Crippen molar-refractivity contribution < 1.29 is 4.39 Å². The van der Waals surface area contributed by atoms with E-state index in [-0.39, 0.29) is 0 Å². The molecule has 13 heavy (non-hydrogen) atoms. The molecule has 0 spiro atoms. The summed E-state index contributed by atoms with van der Waals surface area (Å²) in [7, 11) is 0. The van der Waals surface area contributed by atoms with Crippen molar-refractivity contribution in [2.24, 2.45) is 10.8 Å². The molecule has 1 atom stereocenters. The van der Waals surface area contributed by atoms with Crippen LogP contribution in [0.1, 0.15) is 54.9 Å². The van der Waals surface area contributed by atoms with Crippen LogP contribution in [0.25, 0.3) is 0 Å². The maximum atomic E-state index is 12.0. The Kier molecular flexibility index (Phi) is 7.05. The molecule has 0 aliphatic carbocycles. The second-order valence-corrected chi connectivity index (χ2v) is 5.96. The van der Waals surface area contributed by atoms with Crippen LogP contribution >= 0.6 is 11.6 Å². The molecular formula is C11H24ClF. The van der Waals surface area contributed by atoms with Crippen LogP contribution in [0.4, 0.5) is 4.39 Å². The lowest BCUT2D eigenvalue weighted by Crippen LogP contribution is -2.14. The standard InChI is InChI=1S/C6H14.C5H10ClF/c1-5-6(2,3)4;1-5(2,3)4(6)7/h5H2,1-4H3;4H,1-3H3. The molecular weight excluding hydrogens is 187 g/mol. The molecule has 2 heteroatoms. The van der Waals surface area contributed by atoms with E-state index in [9.17, 15) is 4.39 Å². The molecule has 0 radical (unpaired) electrons. The van der Waals surface area contributed by atoms with Gasteiger partial charge in [0.15, 0.2) is 5.63 Å². The summed E-state index contributed by atoms with van der Waals surface area (Å²) in [5.74, 6) is 0. The molecule has 0 bridgehead atoms. The first-order valence-electron chi connectivity index (χ1n) is 4.79. The van der Waals surface area contributed by atoms with Crippen molar-refractivity contribution in [1.29, 1.82) is 0 Å². The molecule has 0 aromatic heterocycles. The van der Waals surface area contributed by atoms with E-state index >= 15 is 0 Å². The first kappa shape index (κ1) is 15.7. The summed E-state index contributed by atoms with van der Waals surface area (Å²) in [6, 6.07) is 0. The monoisotopic (exact) mass is 210 g/mol. The lowest BCUT2D eigenvalue weighted by atomic mass is 9.94. The summed E-state index contributed by atoms with van der Waals surface area (Å²) in [6.45, 7) is 14.2. The normalized spacial score (nSPS) is 14.5. The first-order valence-corrected chi connectivity index (χ1v) is 5.22. The van der Waals surface area contributed by atoms with Crippen molar-refractivity contribution in [2.75, 3.05) is 0 Å². The van der Waals surface area contributed by atoms with E-state index < -0.39 is 11.0 Å². The Hall–Kier alpha value is 0.220. The Balaban J connectivity index is 0. The van der Waals surface area contributed by atoms with Crippen LogP contribution in [0.3, 0.4) is 0 Å². The number of alkyl halides is 2. The predicted molar refractivity (Wildman–Crippen MR) is 60.0 cm³/mol. The lowest BCUT2D eigenvalue weighted by Gasteiger charge is -2.16. The summed E-state index contributed by atoms with van der Waals surface area (Å²) >= 11 is 5.09. The summed E-state index contributed by atoms with van der Waals surface area (Å²) in [5.41, 5.74) is -1.09. The summed E-state index contributed by atoms with van der Waals surface area (Å²) in [4.78, 5) is 0. The van der Waals surface area contributed by atoms with E-state index in [0.29, 0.717) is 5.41 Å². The SMILES string of the molecule is CC(C)(C)C(F)Cl.CCC(C)(C)C. The molecule has 0 aromatic carbocycles. The third-order valence-corrected chi connectivity index (χ3v) is 2.37. The molecule has 0 fully saturated rings. The molecule has 0 aliphatic heterocycles. The fourth-order valence-electron chi connectivity index (χ4n) is 0. The molecule has 1 unspecified atom stereocenters. The van der Waals surface area contributed by atoms with Gasteiger partial charge in [-0.15, -0.1) is 0 Å². The van der Waals surface area contributed by atoms with Gasteiger partial charge in [0.1, 0.15) is 0 Å². The smallest absolute Gasteiger partial charge is 0.178 e. The maximum Gasteiger partial charge on any atom is 0.178 e. The minimum Gasteiger partial charge on any atom is -0.229 e. The molecule has 0 heterocycles. The van der Waals surface area contributed by atoms with Crippen molar-refractivity contribution in [2.45, 2.75) is 60.5 Å². The average Bonchev–Trinajstić information content (AvgIpc) is 1.85. The highest BCUT2D eigenvalue weighted by Gasteiger charge is 2.20. The van der Waals surface area contributed by atoms with Crippen LogP contribution in [0, 0.1) is 10.8 Å². The lowest BCUT2D eigenvalue weighted by molar-refractivity contribution is 0.243. The second kappa shape index (κ2) is 5.85. The van der Waals surface area contributed by atoms with Crippen LogP contribution in [0.15, 0.2) is 0 Å². The number of rotatable bonds is 0. The summed E-state index contributed by atoms with van der Waals surface area (Å²) in [5, 5.41) is 0. The minimum atomic E-state index is -1.23. The topological polar surface area (TPSA) is 0 Å². The van der Waals surface area contributed by atoms with Gasteiger partial charge < -0.3 is 0 Å². The number of hydrogen-bond donors (Lipinski definition) is 0. The highest BCUT2D eigenvalue weighted by molar-refractivity contribution is 6.20. The summed E-state index contributed by atoms with van der Waals surface area (Å²) < 4.78 is 12.0. The third kappa shape index (κ3) is 15.0. The van der Waals surface area contributed by atoms with E-state index in [1.165, 1.54) is 6.42 Å². The zero-order valence-corrected chi connectivity index (χ0v) is 10.8. The van der Waals surface area contributed by atoms with Gasteiger partial charge in [-0.25, -0.2) is 4.39 Å². The van der Waals surface area contributed by atoms with Gasteiger partial charge in [-0.3, -0.25) is 0 Å². The van der Waals surface area contributed by atoms with Crippen LogP contribution < -0.4 is 0 Å². The Morgan fingerprint density at radius 2 is 1.23 bits per heavy atom. The quantitative estimate of drug-likeness (QED) is 0.493. The van der Waals surface area contributed by atoms with E-state index in [4.69, 9.17) is 11.6 Å². The van der Waals surface area contributed by atoms with Crippen molar-refractivity contribution in [1.82, 2.24) is 0 Å². The van der Waals surface area contributed by atoms with Crippen molar-refractivity contribution in [3.8, 4) is 0 Å². The van der Waals surface area contributed by atoms with Gasteiger partial charge in [0, 0.05) is 5.41 Å². The van der Waals surface area contributed by atoms with E-state index in [1.54, 1.807) is 20.8 Å². The first-order chi connectivity index (χ1) is 5.50. The van der Waals surface area contributed by atoms with Gasteiger partial charge in [-0.1, -0.05) is 66.5 Å². The van der Waals surface area contributed by atoms with Crippen LogP contribution in [0.2, 0.25) is 0 Å². The average molecular weight is 211 g/mol. The zero-order chi connectivity index (χ0) is 11.3. The fourth-order valence-corrected chi connectivity index (χ4v) is 0. The van der Waals surface area contributed by atoms with Crippen molar-refractivity contribution >= 4 is 11.6 Å². The number of halogens is 2. The molecule has 0 nitrogen and oxygen atoms in total. The van der Waals surface area contributed by atoms with Gasteiger partial charge in [0.2, 0.25) is 0 Å². The minimum absolute atomic E-state index is 0.401. The highest BCUT2D eigenvalue weighted by atomic mass is 35.5. The van der Waals surface area contributed by atoms with Gasteiger partial charge in [-0.05, 0) is 5.41 Å². The molecule has 0 saturated carbocycles. The Morgan fingerprint density at radius 1 is 1.08 bits per heavy atom. The molecule has 0 N–H and O–H groups in total. The fraction of sp³-hybridized carbons (Fsp3) is 1.00. The third-order valence-electron chi connectivity index (χ3n) is 1.72. The highest BCUT2D eigenvalue weighted by Crippen LogP contribution is 2.24. The van der Waals surface area contributed by atoms with Crippen LogP contribution in [-0.4, -0.2) is 5.63 Å². The maximum absolute atomic E-state index is 12.0. The largest absolute Gasteiger partial charge is 0.229 e. The van der Waals surface area contributed by atoms with Crippen LogP contribution in [-0.2, 0) is 0 Å². The second-order valence-electron chi connectivity index (χ2n) is 5.58. The van der Waals surface area contributed by atoms with E-state index in [1.807, 2.05) is 0 Å². The van der Waals surface area contributed by atoms with Gasteiger partial charge >= 0.3 is 0 Å². The molecule has 0 aromatic rings.